The van der Waals surface area contributed by atoms with Gasteiger partial charge in [-0.05, 0) is 28.6 Å². The summed E-state index contributed by atoms with van der Waals surface area (Å²) in [7, 11) is 0. The molecule has 1 aromatic heterocycles. The van der Waals surface area contributed by atoms with E-state index < -0.39 is 0 Å². The van der Waals surface area contributed by atoms with Crippen molar-refractivity contribution in [3.05, 3.63) is 60.2 Å². The van der Waals surface area contributed by atoms with Gasteiger partial charge in [-0.3, -0.25) is 0 Å². The van der Waals surface area contributed by atoms with Gasteiger partial charge in [0.15, 0.2) is 0 Å². The van der Waals surface area contributed by atoms with Crippen molar-refractivity contribution < 1.29 is 4.74 Å². The molecule has 0 unspecified atom stereocenters. The van der Waals surface area contributed by atoms with Crippen molar-refractivity contribution in [3.63, 3.8) is 0 Å². The highest BCUT2D eigenvalue weighted by Crippen LogP contribution is 2.24. The Morgan fingerprint density at radius 1 is 1.00 bits per heavy atom. The number of tetrazole rings is 1. The molecule has 1 heterocycles. The minimum Gasteiger partial charge on any atom is -0.423 e. The van der Waals surface area contributed by atoms with Crippen LogP contribution in [0.1, 0.15) is 5.56 Å². The number of hydrogen-bond acceptors (Lipinski definition) is 5. The molecule has 0 bridgehead atoms. The van der Waals surface area contributed by atoms with Crippen LogP contribution in [0, 0.1) is 0 Å². The van der Waals surface area contributed by atoms with E-state index in [0.29, 0.717) is 18.3 Å². The maximum atomic E-state index is 5.77. The minimum atomic E-state index is 0.303. The second-order valence-corrected chi connectivity index (χ2v) is 4.12. The lowest BCUT2D eigenvalue weighted by Gasteiger charge is -2.09. The maximum absolute atomic E-state index is 5.77. The van der Waals surface area contributed by atoms with Crippen LogP contribution in [0.15, 0.2) is 54.6 Å². The summed E-state index contributed by atoms with van der Waals surface area (Å²) in [5, 5.41) is 11.5. The lowest BCUT2D eigenvalue weighted by molar-refractivity contribution is 0.422. The van der Waals surface area contributed by atoms with E-state index >= 15 is 0 Å². The van der Waals surface area contributed by atoms with Crippen molar-refractivity contribution in [2.24, 2.45) is 5.73 Å². The molecule has 6 heteroatoms. The molecule has 0 aliphatic heterocycles. The fraction of sp³-hybridized carbons (Fsp3) is 0.0714. The smallest absolute Gasteiger partial charge is 0.345 e. The number of nitrogens with two attached hydrogens (primary N) is 1. The van der Waals surface area contributed by atoms with Crippen LogP contribution < -0.4 is 10.5 Å². The zero-order valence-electron chi connectivity index (χ0n) is 10.7. The highest BCUT2D eigenvalue weighted by Gasteiger charge is 2.11. The summed E-state index contributed by atoms with van der Waals surface area (Å²) in [6, 6.07) is 17.4. The van der Waals surface area contributed by atoms with E-state index in [4.69, 9.17) is 10.5 Å². The van der Waals surface area contributed by atoms with Gasteiger partial charge in [0.1, 0.15) is 5.75 Å². The molecule has 3 aromatic rings. The van der Waals surface area contributed by atoms with E-state index in [-0.39, 0.29) is 0 Å². The van der Waals surface area contributed by atoms with Crippen LogP contribution in [0.4, 0.5) is 0 Å². The lowest BCUT2D eigenvalue weighted by Crippen LogP contribution is -2.03. The van der Waals surface area contributed by atoms with Gasteiger partial charge >= 0.3 is 6.01 Å². The van der Waals surface area contributed by atoms with Crippen molar-refractivity contribution in [1.82, 2.24) is 20.2 Å². The van der Waals surface area contributed by atoms with Crippen LogP contribution in [-0.4, -0.2) is 20.2 Å². The van der Waals surface area contributed by atoms with E-state index in [1.54, 1.807) is 0 Å². The Kier molecular flexibility index (Phi) is 3.38. The van der Waals surface area contributed by atoms with Crippen LogP contribution in [-0.2, 0) is 6.54 Å². The second-order valence-electron chi connectivity index (χ2n) is 4.12. The molecule has 0 amide bonds. The van der Waals surface area contributed by atoms with Crippen LogP contribution in [0.3, 0.4) is 0 Å². The van der Waals surface area contributed by atoms with Gasteiger partial charge in [0, 0.05) is 12.1 Å². The summed E-state index contributed by atoms with van der Waals surface area (Å²) in [4.78, 5) is 0. The van der Waals surface area contributed by atoms with Gasteiger partial charge in [-0.2, -0.15) is 4.68 Å². The van der Waals surface area contributed by atoms with Crippen molar-refractivity contribution >= 4 is 0 Å². The van der Waals surface area contributed by atoms with E-state index in [0.717, 1.165) is 11.3 Å². The first-order valence-corrected chi connectivity index (χ1v) is 6.18. The Hall–Kier alpha value is -2.73. The molecular weight excluding hydrogens is 254 g/mol. The van der Waals surface area contributed by atoms with Gasteiger partial charge in [-0.15, -0.1) is 0 Å². The van der Waals surface area contributed by atoms with Crippen LogP contribution in [0.2, 0.25) is 0 Å². The SMILES string of the molecule is NCc1ccccc1Oc1nnnn1-c1ccccc1. The Bertz CT molecular complexity index is 696. The van der Waals surface area contributed by atoms with Crippen LogP contribution in [0.5, 0.6) is 11.8 Å². The number of rotatable bonds is 4. The van der Waals surface area contributed by atoms with Gasteiger partial charge in [0.25, 0.3) is 0 Å². The Morgan fingerprint density at radius 2 is 1.75 bits per heavy atom. The molecule has 100 valence electrons. The summed E-state index contributed by atoms with van der Waals surface area (Å²) < 4.78 is 7.31. The number of hydrogen-bond donors (Lipinski definition) is 1. The summed E-state index contributed by atoms with van der Waals surface area (Å²) in [5.74, 6) is 0.655. The third kappa shape index (κ3) is 2.36. The first kappa shape index (κ1) is 12.3. The predicted octanol–water partition coefficient (Wildman–Crippen LogP) is 1.91. The van der Waals surface area contributed by atoms with Crippen molar-refractivity contribution in [2.75, 3.05) is 0 Å². The molecule has 2 aromatic carbocycles. The second kappa shape index (κ2) is 5.50. The molecule has 0 aliphatic carbocycles. The summed E-state index contributed by atoms with van der Waals surface area (Å²) in [6.45, 7) is 0.392. The molecular formula is C14H13N5O. The van der Waals surface area contributed by atoms with Crippen LogP contribution >= 0.6 is 0 Å². The van der Waals surface area contributed by atoms with Gasteiger partial charge in [0.2, 0.25) is 0 Å². The van der Waals surface area contributed by atoms with E-state index in [9.17, 15) is 0 Å². The molecule has 20 heavy (non-hydrogen) atoms. The molecule has 0 aliphatic rings. The summed E-state index contributed by atoms with van der Waals surface area (Å²) >= 11 is 0. The zero-order valence-corrected chi connectivity index (χ0v) is 10.7. The normalized spacial score (nSPS) is 10.4. The fourth-order valence-electron chi connectivity index (χ4n) is 1.84. The maximum Gasteiger partial charge on any atom is 0.345 e. The largest absolute Gasteiger partial charge is 0.423 e. The lowest BCUT2D eigenvalue weighted by atomic mass is 10.2. The van der Waals surface area contributed by atoms with Gasteiger partial charge in [0.05, 0.1) is 5.69 Å². The Labute approximate surface area is 115 Å². The Morgan fingerprint density at radius 3 is 2.55 bits per heavy atom. The third-order valence-electron chi connectivity index (χ3n) is 2.84. The number of benzene rings is 2. The van der Waals surface area contributed by atoms with Crippen molar-refractivity contribution in [2.45, 2.75) is 6.54 Å². The standard InChI is InChI=1S/C14H13N5O/c15-10-11-6-4-5-9-13(11)20-14-16-17-18-19(14)12-7-2-1-3-8-12/h1-9H,10,15H2. The highest BCUT2D eigenvalue weighted by atomic mass is 16.5. The zero-order chi connectivity index (χ0) is 13.8. The quantitative estimate of drug-likeness (QED) is 0.781. The first-order valence-electron chi connectivity index (χ1n) is 6.18. The number of para-hydroxylation sites is 2. The molecule has 0 saturated heterocycles. The van der Waals surface area contributed by atoms with Crippen molar-refractivity contribution in [3.8, 4) is 17.4 Å². The molecule has 0 radical (unpaired) electrons. The average molecular weight is 267 g/mol. The summed E-state index contributed by atoms with van der Waals surface area (Å²) in [5.41, 5.74) is 7.42. The van der Waals surface area contributed by atoms with Crippen LogP contribution in [0.25, 0.3) is 5.69 Å². The molecule has 2 N–H and O–H groups in total. The fourth-order valence-corrected chi connectivity index (χ4v) is 1.84. The molecule has 0 spiro atoms. The van der Waals surface area contributed by atoms with E-state index in [1.165, 1.54) is 4.68 Å². The van der Waals surface area contributed by atoms with E-state index in [1.807, 2.05) is 54.6 Å². The van der Waals surface area contributed by atoms with Crippen molar-refractivity contribution in [1.29, 1.82) is 0 Å². The topological polar surface area (TPSA) is 78.8 Å². The van der Waals surface area contributed by atoms with Gasteiger partial charge < -0.3 is 10.5 Å². The number of aromatic nitrogens is 4. The number of nitrogens with zero attached hydrogens (tertiary/aromatic N) is 4. The Balaban J connectivity index is 1.95. The predicted molar refractivity (Wildman–Crippen MR) is 73.6 cm³/mol. The molecule has 0 fully saturated rings. The third-order valence-corrected chi connectivity index (χ3v) is 2.84. The molecule has 6 nitrogen and oxygen atoms in total. The van der Waals surface area contributed by atoms with Gasteiger partial charge in [-0.25, -0.2) is 0 Å². The summed E-state index contributed by atoms with van der Waals surface area (Å²) in [6.07, 6.45) is 0. The minimum absolute atomic E-state index is 0.303. The first-order chi connectivity index (χ1) is 9.88. The molecule has 0 saturated carbocycles. The molecule has 0 atom stereocenters. The highest BCUT2D eigenvalue weighted by molar-refractivity contribution is 5.37. The van der Waals surface area contributed by atoms with Gasteiger partial charge in [-0.1, -0.05) is 41.5 Å². The molecule has 3 rings (SSSR count). The number of ether oxygens (including phenoxy) is 1. The van der Waals surface area contributed by atoms with E-state index in [2.05, 4.69) is 15.5 Å². The monoisotopic (exact) mass is 267 g/mol. The average Bonchev–Trinajstić information content (AvgIpc) is 2.97.